The third-order valence-electron chi connectivity index (χ3n) is 3.19. The molecule has 0 saturated heterocycles. The zero-order valence-corrected chi connectivity index (χ0v) is 9.84. The van der Waals surface area contributed by atoms with Crippen molar-refractivity contribution in [1.82, 2.24) is 15.1 Å². The van der Waals surface area contributed by atoms with Gasteiger partial charge in [0.15, 0.2) is 0 Å². The van der Waals surface area contributed by atoms with Gasteiger partial charge in [0.05, 0.1) is 5.69 Å². The summed E-state index contributed by atoms with van der Waals surface area (Å²) in [6.45, 7) is 2.07. The minimum absolute atomic E-state index is 0.923. The first kappa shape index (κ1) is 10.5. The van der Waals surface area contributed by atoms with E-state index in [1.54, 1.807) is 0 Å². The standard InChI is InChI=1S/C14H17N3/c1-2-5-14(17-9-3-8-16-17)13(4-1)11-15-10-12-6-7-12/h1-5,8-9,12,15H,6-7,10-11H2. The van der Waals surface area contributed by atoms with Gasteiger partial charge in [0.2, 0.25) is 0 Å². The van der Waals surface area contributed by atoms with Gasteiger partial charge in [-0.2, -0.15) is 5.10 Å². The average molecular weight is 227 g/mol. The van der Waals surface area contributed by atoms with Gasteiger partial charge >= 0.3 is 0 Å². The quantitative estimate of drug-likeness (QED) is 0.850. The number of para-hydroxylation sites is 1. The molecule has 2 aromatic rings. The lowest BCUT2D eigenvalue weighted by Crippen LogP contribution is -2.17. The second-order valence-corrected chi connectivity index (χ2v) is 4.65. The molecule has 1 aliphatic rings. The van der Waals surface area contributed by atoms with Crippen LogP contribution in [0.2, 0.25) is 0 Å². The fraction of sp³-hybridized carbons (Fsp3) is 0.357. The Morgan fingerprint density at radius 1 is 1.24 bits per heavy atom. The smallest absolute Gasteiger partial charge is 0.0690 e. The van der Waals surface area contributed by atoms with E-state index in [0.29, 0.717) is 0 Å². The van der Waals surface area contributed by atoms with Crippen molar-refractivity contribution in [3.63, 3.8) is 0 Å². The van der Waals surface area contributed by atoms with E-state index < -0.39 is 0 Å². The molecule has 17 heavy (non-hydrogen) atoms. The number of aromatic nitrogens is 2. The Balaban J connectivity index is 1.73. The Kier molecular flexibility index (Phi) is 2.92. The maximum atomic E-state index is 4.29. The molecule has 1 saturated carbocycles. The first-order valence-electron chi connectivity index (χ1n) is 6.22. The van der Waals surface area contributed by atoms with Gasteiger partial charge in [0.1, 0.15) is 0 Å². The highest BCUT2D eigenvalue weighted by molar-refractivity contribution is 5.40. The molecule has 1 aromatic carbocycles. The van der Waals surface area contributed by atoms with E-state index in [0.717, 1.165) is 19.0 Å². The highest BCUT2D eigenvalue weighted by Crippen LogP contribution is 2.27. The van der Waals surface area contributed by atoms with Crippen LogP contribution in [0.4, 0.5) is 0 Å². The highest BCUT2D eigenvalue weighted by Gasteiger charge is 2.20. The Labute approximate surface area is 101 Å². The van der Waals surface area contributed by atoms with Crippen LogP contribution in [0.5, 0.6) is 0 Å². The van der Waals surface area contributed by atoms with Crippen LogP contribution in [0.15, 0.2) is 42.7 Å². The van der Waals surface area contributed by atoms with Crippen LogP contribution >= 0.6 is 0 Å². The molecule has 0 atom stereocenters. The summed E-state index contributed by atoms with van der Waals surface area (Å²) in [5, 5.41) is 7.82. The van der Waals surface area contributed by atoms with Crippen molar-refractivity contribution >= 4 is 0 Å². The number of benzene rings is 1. The molecule has 0 bridgehead atoms. The zero-order valence-electron chi connectivity index (χ0n) is 9.84. The average Bonchev–Trinajstić information content (AvgIpc) is 3.03. The summed E-state index contributed by atoms with van der Waals surface area (Å²) >= 11 is 0. The summed E-state index contributed by atoms with van der Waals surface area (Å²) in [5.41, 5.74) is 2.47. The lowest BCUT2D eigenvalue weighted by molar-refractivity contribution is 0.635. The Bertz CT molecular complexity index is 472. The Morgan fingerprint density at radius 2 is 2.12 bits per heavy atom. The molecule has 0 radical (unpaired) electrons. The van der Waals surface area contributed by atoms with Gasteiger partial charge in [-0.3, -0.25) is 0 Å². The second kappa shape index (κ2) is 4.72. The molecule has 88 valence electrons. The maximum absolute atomic E-state index is 4.29. The normalized spacial score (nSPS) is 15.1. The molecule has 0 amide bonds. The monoisotopic (exact) mass is 227 g/mol. The molecule has 3 nitrogen and oxygen atoms in total. The number of nitrogens with zero attached hydrogens (tertiary/aromatic N) is 2. The maximum Gasteiger partial charge on any atom is 0.0690 e. The predicted octanol–water partition coefficient (Wildman–Crippen LogP) is 2.37. The summed E-state index contributed by atoms with van der Waals surface area (Å²) < 4.78 is 1.92. The lowest BCUT2D eigenvalue weighted by Gasteiger charge is -2.10. The molecule has 1 heterocycles. The van der Waals surface area contributed by atoms with Crippen molar-refractivity contribution in [3.8, 4) is 5.69 Å². The van der Waals surface area contributed by atoms with E-state index in [1.807, 2.05) is 23.1 Å². The van der Waals surface area contributed by atoms with E-state index in [2.05, 4.69) is 34.7 Å². The molecule has 1 N–H and O–H groups in total. The Morgan fingerprint density at radius 3 is 2.88 bits per heavy atom. The van der Waals surface area contributed by atoms with Crippen LogP contribution in [0, 0.1) is 5.92 Å². The van der Waals surface area contributed by atoms with Crippen molar-refractivity contribution in [2.75, 3.05) is 6.54 Å². The van der Waals surface area contributed by atoms with Gasteiger partial charge in [0, 0.05) is 18.9 Å². The fourth-order valence-electron chi connectivity index (χ4n) is 2.03. The molecular weight excluding hydrogens is 210 g/mol. The summed E-state index contributed by atoms with van der Waals surface area (Å²) in [6, 6.07) is 10.4. The van der Waals surface area contributed by atoms with Gasteiger partial charge in [-0.15, -0.1) is 0 Å². The topological polar surface area (TPSA) is 29.9 Å². The number of nitrogens with one attached hydrogen (secondary N) is 1. The van der Waals surface area contributed by atoms with Crippen molar-refractivity contribution < 1.29 is 0 Å². The molecule has 3 heteroatoms. The van der Waals surface area contributed by atoms with E-state index in [1.165, 1.54) is 24.1 Å². The van der Waals surface area contributed by atoms with E-state index >= 15 is 0 Å². The van der Waals surface area contributed by atoms with E-state index in [9.17, 15) is 0 Å². The summed E-state index contributed by atoms with van der Waals surface area (Å²) in [6.07, 6.45) is 6.59. The van der Waals surface area contributed by atoms with Crippen molar-refractivity contribution in [3.05, 3.63) is 48.3 Å². The van der Waals surface area contributed by atoms with Gasteiger partial charge in [-0.1, -0.05) is 18.2 Å². The van der Waals surface area contributed by atoms with Crippen molar-refractivity contribution in [2.45, 2.75) is 19.4 Å². The first-order valence-corrected chi connectivity index (χ1v) is 6.22. The molecule has 1 aromatic heterocycles. The summed E-state index contributed by atoms with van der Waals surface area (Å²) in [4.78, 5) is 0. The Hall–Kier alpha value is -1.61. The third-order valence-corrected chi connectivity index (χ3v) is 3.19. The van der Waals surface area contributed by atoms with Crippen LogP contribution in [0.3, 0.4) is 0 Å². The third kappa shape index (κ3) is 2.56. The van der Waals surface area contributed by atoms with Crippen LogP contribution in [-0.2, 0) is 6.54 Å². The second-order valence-electron chi connectivity index (χ2n) is 4.65. The minimum Gasteiger partial charge on any atom is -0.312 e. The molecule has 3 rings (SSSR count). The van der Waals surface area contributed by atoms with Crippen LogP contribution in [0.1, 0.15) is 18.4 Å². The number of rotatable bonds is 5. The first-order chi connectivity index (χ1) is 8.43. The molecule has 1 aliphatic carbocycles. The summed E-state index contributed by atoms with van der Waals surface area (Å²) in [7, 11) is 0. The minimum atomic E-state index is 0.923. The van der Waals surface area contributed by atoms with Crippen LogP contribution < -0.4 is 5.32 Å². The van der Waals surface area contributed by atoms with Gasteiger partial charge < -0.3 is 5.32 Å². The largest absolute Gasteiger partial charge is 0.312 e. The van der Waals surface area contributed by atoms with Gasteiger partial charge in [-0.05, 0) is 43.0 Å². The van der Waals surface area contributed by atoms with Crippen molar-refractivity contribution in [2.24, 2.45) is 5.92 Å². The van der Waals surface area contributed by atoms with Gasteiger partial charge in [0.25, 0.3) is 0 Å². The molecule has 1 fully saturated rings. The lowest BCUT2D eigenvalue weighted by atomic mass is 10.1. The molecule has 0 spiro atoms. The molecular formula is C14H17N3. The summed E-state index contributed by atoms with van der Waals surface area (Å²) in [5.74, 6) is 0.923. The van der Waals surface area contributed by atoms with Crippen molar-refractivity contribution in [1.29, 1.82) is 0 Å². The van der Waals surface area contributed by atoms with Crippen LogP contribution in [-0.4, -0.2) is 16.3 Å². The molecule has 0 unspecified atom stereocenters. The molecule has 0 aliphatic heterocycles. The van der Waals surface area contributed by atoms with E-state index in [-0.39, 0.29) is 0 Å². The highest BCUT2D eigenvalue weighted by atomic mass is 15.3. The van der Waals surface area contributed by atoms with E-state index in [4.69, 9.17) is 0 Å². The number of hydrogen-bond acceptors (Lipinski definition) is 2. The number of hydrogen-bond donors (Lipinski definition) is 1. The predicted molar refractivity (Wildman–Crippen MR) is 68.0 cm³/mol. The fourth-order valence-corrected chi connectivity index (χ4v) is 2.03. The van der Waals surface area contributed by atoms with Crippen LogP contribution in [0.25, 0.3) is 5.69 Å². The SMILES string of the molecule is c1ccc(-n2cccn2)c(CNCC2CC2)c1. The zero-order chi connectivity index (χ0) is 11.5. The van der Waals surface area contributed by atoms with Gasteiger partial charge in [-0.25, -0.2) is 4.68 Å².